The number of hydrogen-bond donors (Lipinski definition) is 2. The van der Waals surface area contributed by atoms with Gasteiger partial charge in [-0.05, 0) is 13.0 Å². The third kappa shape index (κ3) is 4.76. The van der Waals surface area contributed by atoms with Crippen molar-refractivity contribution in [2.75, 3.05) is 47.6 Å². The standard InChI is InChI=1S/C16H27NO5/c1-5-17(8-9-18)7-6-13(19)16-14(21-3)10-12(20-2)11-15(16)22-4/h10-11,13,18-19H,5-9H2,1-4H3. The highest BCUT2D eigenvalue weighted by Crippen LogP contribution is 2.39. The molecule has 6 nitrogen and oxygen atoms in total. The monoisotopic (exact) mass is 313 g/mol. The number of aliphatic hydroxyl groups excluding tert-OH is 2. The van der Waals surface area contributed by atoms with Crippen LogP contribution < -0.4 is 14.2 Å². The normalized spacial score (nSPS) is 12.3. The second-order valence-corrected chi connectivity index (χ2v) is 4.91. The molecule has 1 atom stereocenters. The largest absolute Gasteiger partial charge is 0.496 e. The van der Waals surface area contributed by atoms with Crippen LogP contribution in [0.5, 0.6) is 17.2 Å². The van der Waals surface area contributed by atoms with E-state index in [4.69, 9.17) is 19.3 Å². The SMILES string of the molecule is CCN(CCO)CCC(O)c1c(OC)cc(OC)cc1OC. The van der Waals surface area contributed by atoms with Crippen LogP contribution in [0.4, 0.5) is 0 Å². The molecule has 1 rings (SSSR count). The van der Waals surface area contributed by atoms with Gasteiger partial charge in [0, 0.05) is 25.2 Å². The Bertz CT molecular complexity index is 427. The van der Waals surface area contributed by atoms with Crippen molar-refractivity contribution in [1.29, 1.82) is 0 Å². The summed E-state index contributed by atoms with van der Waals surface area (Å²) >= 11 is 0. The fraction of sp³-hybridized carbons (Fsp3) is 0.625. The first-order valence-electron chi connectivity index (χ1n) is 7.42. The highest BCUT2D eigenvalue weighted by Gasteiger charge is 2.21. The van der Waals surface area contributed by atoms with Crippen LogP contribution in [0, 0.1) is 0 Å². The zero-order valence-electron chi connectivity index (χ0n) is 13.8. The van der Waals surface area contributed by atoms with Crippen molar-refractivity contribution < 1.29 is 24.4 Å². The van der Waals surface area contributed by atoms with Gasteiger partial charge in [0.15, 0.2) is 0 Å². The number of hydrogen-bond acceptors (Lipinski definition) is 6. The molecule has 0 aliphatic rings. The van der Waals surface area contributed by atoms with Crippen LogP contribution in [0.15, 0.2) is 12.1 Å². The lowest BCUT2D eigenvalue weighted by molar-refractivity contribution is 0.128. The Kier molecular flexibility index (Phi) is 8.01. The Morgan fingerprint density at radius 3 is 2.05 bits per heavy atom. The molecule has 1 unspecified atom stereocenters. The average Bonchev–Trinajstić information content (AvgIpc) is 2.56. The molecule has 0 saturated heterocycles. The van der Waals surface area contributed by atoms with E-state index in [0.29, 0.717) is 42.3 Å². The first-order valence-corrected chi connectivity index (χ1v) is 7.42. The molecule has 0 heterocycles. The third-order valence-corrected chi connectivity index (χ3v) is 3.67. The van der Waals surface area contributed by atoms with E-state index in [1.54, 1.807) is 33.5 Å². The summed E-state index contributed by atoms with van der Waals surface area (Å²) < 4.78 is 15.9. The summed E-state index contributed by atoms with van der Waals surface area (Å²) in [7, 11) is 4.67. The van der Waals surface area contributed by atoms with Gasteiger partial charge >= 0.3 is 0 Å². The van der Waals surface area contributed by atoms with Crippen molar-refractivity contribution in [2.24, 2.45) is 0 Å². The second kappa shape index (κ2) is 9.50. The van der Waals surface area contributed by atoms with E-state index in [2.05, 4.69) is 4.90 Å². The molecule has 1 aromatic rings. The van der Waals surface area contributed by atoms with Crippen LogP contribution in [-0.4, -0.2) is 62.7 Å². The van der Waals surface area contributed by atoms with Crippen molar-refractivity contribution in [3.8, 4) is 17.2 Å². The Balaban J connectivity index is 2.93. The molecule has 1 aromatic carbocycles. The number of nitrogens with zero attached hydrogens (tertiary/aromatic N) is 1. The summed E-state index contributed by atoms with van der Waals surface area (Å²) in [5.74, 6) is 1.68. The Labute approximate surface area is 132 Å². The maximum absolute atomic E-state index is 10.5. The van der Waals surface area contributed by atoms with Gasteiger partial charge < -0.3 is 29.3 Å². The lowest BCUT2D eigenvalue weighted by Gasteiger charge is -2.23. The molecule has 0 amide bonds. The lowest BCUT2D eigenvalue weighted by atomic mass is 10.0. The van der Waals surface area contributed by atoms with Crippen LogP contribution in [0.2, 0.25) is 0 Å². The molecular weight excluding hydrogens is 286 g/mol. The first kappa shape index (κ1) is 18.5. The third-order valence-electron chi connectivity index (χ3n) is 3.67. The summed E-state index contributed by atoms with van der Waals surface area (Å²) in [4.78, 5) is 2.08. The highest BCUT2D eigenvalue weighted by atomic mass is 16.5. The van der Waals surface area contributed by atoms with Gasteiger partial charge in [0.05, 0.1) is 39.6 Å². The molecule has 6 heteroatoms. The summed E-state index contributed by atoms with van der Waals surface area (Å²) in [6, 6.07) is 3.46. The van der Waals surface area contributed by atoms with Gasteiger partial charge in [0.2, 0.25) is 0 Å². The van der Waals surface area contributed by atoms with Crippen LogP contribution in [0.25, 0.3) is 0 Å². The van der Waals surface area contributed by atoms with E-state index < -0.39 is 6.10 Å². The van der Waals surface area contributed by atoms with Crippen LogP contribution in [0.3, 0.4) is 0 Å². The second-order valence-electron chi connectivity index (χ2n) is 4.91. The zero-order chi connectivity index (χ0) is 16.5. The molecular formula is C16H27NO5. The van der Waals surface area contributed by atoms with E-state index in [1.807, 2.05) is 6.92 Å². The van der Waals surface area contributed by atoms with Gasteiger partial charge in [-0.15, -0.1) is 0 Å². The average molecular weight is 313 g/mol. The lowest BCUT2D eigenvalue weighted by Crippen LogP contribution is -2.28. The minimum Gasteiger partial charge on any atom is -0.496 e. The van der Waals surface area contributed by atoms with Gasteiger partial charge in [-0.25, -0.2) is 0 Å². The molecule has 0 fully saturated rings. The predicted molar refractivity (Wildman–Crippen MR) is 84.9 cm³/mol. The molecule has 0 spiro atoms. The van der Waals surface area contributed by atoms with E-state index in [-0.39, 0.29) is 6.61 Å². The van der Waals surface area contributed by atoms with Crippen LogP contribution >= 0.6 is 0 Å². The fourth-order valence-corrected chi connectivity index (χ4v) is 2.38. The molecule has 0 radical (unpaired) electrons. The fourth-order valence-electron chi connectivity index (χ4n) is 2.38. The summed E-state index contributed by atoms with van der Waals surface area (Å²) in [6.45, 7) is 4.23. The van der Waals surface area contributed by atoms with E-state index in [9.17, 15) is 5.11 Å². The van der Waals surface area contributed by atoms with Gasteiger partial charge in [-0.1, -0.05) is 6.92 Å². The van der Waals surface area contributed by atoms with Gasteiger partial charge in [-0.3, -0.25) is 0 Å². The number of likely N-dealkylation sites (N-methyl/N-ethyl adjacent to an activating group) is 1. The quantitative estimate of drug-likeness (QED) is 0.681. The highest BCUT2D eigenvalue weighted by molar-refractivity contribution is 5.51. The van der Waals surface area contributed by atoms with Crippen LogP contribution in [0.1, 0.15) is 25.0 Å². The number of benzene rings is 1. The minimum absolute atomic E-state index is 0.110. The molecule has 22 heavy (non-hydrogen) atoms. The summed E-state index contributed by atoms with van der Waals surface area (Å²) in [5, 5.41) is 19.5. The van der Waals surface area contributed by atoms with Crippen molar-refractivity contribution in [1.82, 2.24) is 4.90 Å². The van der Waals surface area contributed by atoms with Crippen LogP contribution in [-0.2, 0) is 0 Å². The maximum atomic E-state index is 10.5. The van der Waals surface area contributed by atoms with Crippen molar-refractivity contribution in [2.45, 2.75) is 19.4 Å². The molecule has 0 aromatic heterocycles. The Morgan fingerprint density at radius 2 is 1.64 bits per heavy atom. The Hall–Kier alpha value is -1.50. The number of methoxy groups -OCH3 is 3. The molecule has 0 aliphatic heterocycles. The van der Waals surface area contributed by atoms with Gasteiger partial charge in [0.1, 0.15) is 17.2 Å². The molecule has 0 bridgehead atoms. The number of aliphatic hydroxyl groups is 2. The molecule has 2 N–H and O–H groups in total. The van der Waals surface area contributed by atoms with E-state index >= 15 is 0 Å². The van der Waals surface area contributed by atoms with E-state index in [0.717, 1.165) is 6.54 Å². The smallest absolute Gasteiger partial charge is 0.132 e. The van der Waals surface area contributed by atoms with Gasteiger partial charge in [-0.2, -0.15) is 0 Å². The van der Waals surface area contributed by atoms with E-state index in [1.165, 1.54) is 0 Å². The molecule has 126 valence electrons. The number of rotatable bonds is 10. The number of ether oxygens (including phenoxy) is 3. The molecule has 0 saturated carbocycles. The zero-order valence-corrected chi connectivity index (χ0v) is 13.8. The molecule has 0 aliphatic carbocycles. The van der Waals surface area contributed by atoms with Crippen molar-refractivity contribution in [3.63, 3.8) is 0 Å². The summed E-state index contributed by atoms with van der Waals surface area (Å²) in [5.41, 5.74) is 0.617. The predicted octanol–water partition coefficient (Wildman–Crippen LogP) is 1.45. The van der Waals surface area contributed by atoms with Crippen molar-refractivity contribution >= 4 is 0 Å². The van der Waals surface area contributed by atoms with Crippen molar-refractivity contribution in [3.05, 3.63) is 17.7 Å². The topological polar surface area (TPSA) is 71.4 Å². The Morgan fingerprint density at radius 1 is 1.05 bits per heavy atom. The maximum Gasteiger partial charge on any atom is 0.132 e. The summed E-state index contributed by atoms with van der Waals surface area (Å²) in [6.07, 6.45) is -0.198. The van der Waals surface area contributed by atoms with Gasteiger partial charge in [0.25, 0.3) is 0 Å². The minimum atomic E-state index is -0.719. The first-order chi connectivity index (χ1) is 10.6.